The molecule has 9 nitrogen and oxygen atoms in total. The highest BCUT2D eigenvalue weighted by Crippen LogP contribution is 2.25. The van der Waals surface area contributed by atoms with E-state index >= 15 is 0 Å². The second kappa shape index (κ2) is 7.18. The first-order chi connectivity index (χ1) is 11.3. The van der Waals surface area contributed by atoms with Gasteiger partial charge in [0.1, 0.15) is 18.1 Å². The highest BCUT2D eigenvalue weighted by molar-refractivity contribution is 5.82. The molecule has 0 radical (unpaired) electrons. The van der Waals surface area contributed by atoms with Crippen LogP contribution in [-0.4, -0.2) is 82.6 Å². The lowest BCUT2D eigenvalue weighted by Crippen LogP contribution is -2.48. The van der Waals surface area contributed by atoms with Gasteiger partial charge in [0.05, 0.1) is 25.6 Å². The third-order valence-electron chi connectivity index (χ3n) is 3.95. The molecule has 0 saturated carbocycles. The Morgan fingerprint density at radius 2 is 2.26 bits per heavy atom. The number of methoxy groups -OCH3 is 1. The minimum absolute atomic E-state index is 0.0244. The van der Waals surface area contributed by atoms with Gasteiger partial charge in [-0.05, 0) is 0 Å². The number of aliphatic hydroxyl groups excluding tert-OH is 1. The average molecular weight is 322 g/mol. The number of anilines is 1. The summed E-state index contributed by atoms with van der Waals surface area (Å²) >= 11 is 0. The van der Waals surface area contributed by atoms with Crippen molar-refractivity contribution in [1.82, 2.24) is 24.4 Å². The lowest BCUT2D eigenvalue weighted by molar-refractivity contribution is -0.135. The Morgan fingerprint density at radius 1 is 1.39 bits per heavy atom. The van der Waals surface area contributed by atoms with Crippen molar-refractivity contribution in [1.29, 1.82) is 0 Å². The van der Waals surface area contributed by atoms with Crippen molar-refractivity contribution in [3.8, 4) is 0 Å². The third-order valence-corrected chi connectivity index (χ3v) is 3.95. The van der Waals surface area contributed by atoms with Gasteiger partial charge in [-0.2, -0.15) is 0 Å². The fourth-order valence-electron chi connectivity index (χ4n) is 2.79. The molecule has 0 aromatic carbocycles. The van der Waals surface area contributed by atoms with Gasteiger partial charge in [0.2, 0.25) is 0 Å². The molecule has 1 fully saturated rings. The summed E-state index contributed by atoms with van der Waals surface area (Å²) in [5.74, 6) is 0.680. The summed E-state index contributed by atoms with van der Waals surface area (Å²) in [6.45, 7) is 2.77. The maximum Gasteiger partial charge on any atom is 0.167 e. The van der Waals surface area contributed by atoms with Gasteiger partial charge in [-0.1, -0.05) is 0 Å². The van der Waals surface area contributed by atoms with E-state index in [0.717, 1.165) is 6.54 Å². The fourth-order valence-corrected chi connectivity index (χ4v) is 2.79. The van der Waals surface area contributed by atoms with E-state index in [0.29, 0.717) is 36.7 Å². The summed E-state index contributed by atoms with van der Waals surface area (Å²) in [4.78, 5) is 15.1. The zero-order valence-electron chi connectivity index (χ0n) is 13.3. The molecule has 3 heterocycles. The van der Waals surface area contributed by atoms with Gasteiger partial charge in [0.25, 0.3) is 0 Å². The van der Waals surface area contributed by atoms with Crippen molar-refractivity contribution in [2.45, 2.75) is 12.3 Å². The highest BCUT2D eigenvalue weighted by Gasteiger charge is 2.29. The number of hydrogen-bond donors (Lipinski definition) is 2. The zero-order chi connectivity index (χ0) is 16.2. The molecule has 1 saturated heterocycles. The van der Waals surface area contributed by atoms with Gasteiger partial charge < -0.3 is 19.9 Å². The van der Waals surface area contributed by atoms with Crippen molar-refractivity contribution in [2.75, 3.05) is 52.3 Å². The Hall–Kier alpha value is -1.81. The topological polar surface area (TPSA) is 97.6 Å². The summed E-state index contributed by atoms with van der Waals surface area (Å²) in [5, 5.41) is 12.5. The van der Waals surface area contributed by atoms with Gasteiger partial charge in [-0.25, -0.2) is 15.0 Å². The molecule has 2 atom stereocenters. The molecule has 1 aliphatic rings. The Kier molecular flexibility index (Phi) is 5.01. The molecule has 0 bridgehead atoms. The quantitative estimate of drug-likeness (QED) is 0.748. The second-order valence-electron chi connectivity index (χ2n) is 5.44. The number of morpholine rings is 1. The summed E-state index contributed by atoms with van der Waals surface area (Å²) in [6, 6.07) is 0. The Morgan fingerprint density at radius 3 is 3.00 bits per heavy atom. The van der Waals surface area contributed by atoms with Crippen LogP contribution in [0.15, 0.2) is 12.7 Å². The van der Waals surface area contributed by atoms with Crippen LogP contribution in [0.25, 0.3) is 11.2 Å². The van der Waals surface area contributed by atoms with E-state index in [-0.39, 0.29) is 18.9 Å². The Balaban J connectivity index is 1.87. The molecule has 1 aliphatic heterocycles. The smallest absolute Gasteiger partial charge is 0.167 e. The van der Waals surface area contributed by atoms with E-state index in [4.69, 9.17) is 9.47 Å². The minimum Gasteiger partial charge on any atom is -0.394 e. The summed E-state index contributed by atoms with van der Waals surface area (Å²) < 4.78 is 13.0. The van der Waals surface area contributed by atoms with Crippen LogP contribution < -0.4 is 5.32 Å². The van der Waals surface area contributed by atoms with E-state index < -0.39 is 0 Å². The number of fused-ring (bicyclic) bond motifs is 1. The molecule has 0 aliphatic carbocycles. The number of rotatable bonds is 6. The van der Waals surface area contributed by atoms with E-state index in [1.807, 2.05) is 4.57 Å². The highest BCUT2D eigenvalue weighted by atomic mass is 16.5. The summed E-state index contributed by atoms with van der Waals surface area (Å²) in [7, 11) is 3.48. The van der Waals surface area contributed by atoms with Crippen LogP contribution in [0.5, 0.6) is 0 Å². The van der Waals surface area contributed by atoms with E-state index in [1.54, 1.807) is 20.5 Å². The molecule has 2 aromatic rings. The van der Waals surface area contributed by atoms with Crippen molar-refractivity contribution in [3.05, 3.63) is 12.7 Å². The molecule has 2 N–H and O–H groups in total. The van der Waals surface area contributed by atoms with Gasteiger partial charge in [0.15, 0.2) is 11.5 Å². The van der Waals surface area contributed by atoms with Crippen molar-refractivity contribution in [3.63, 3.8) is 0 Å². The summed E-state index contributed by atoms with van der Waals surface area (Å²) in [6.07, 6.45) is 2.71. The molecule has 0 amide bonds. The standard InChI is InChI=1S/C14H22N6O3/c1-15-13-12-14(17-8-16-13)20(9-18-12)11-6-19(3-4-22-2)5-10(7-21)23-11/h8-11,21H,3-7H2,1-2H3,(H,15,16,17)/t10-,11+/m0/s1. The molecule has 0 spiro atoms. The van der Waals surface area contributed by atoms with Gasteiger partial charge in [0, 0.05) is 33.8 Å². The number of aliphatic hydroxyl groups is 1. The van der Waals surface area contributed by atoms with Crippen LogP contribution in [-0.2, 0) is 9.47 Å². The second-order valence-corrected chi connectivity index (χ2v) is 5.44. The van der Waals surface area contributed by atoms with Crippen LogP contribution in [0.2, 0.25) is 0 Å². The van der Waals surface area contributed by atoms with Crippen LogP contribution >= 0.6 is 0 Å². The maximum atomic E-state index is 9.50. The number of nitrogens with zero attached hydrogens (tertiary/aromatic N) is 5. The van der Waals surface area contributed by atoms with Crippen LogP contribution in [0.3, 0.4) is 0 Å². The maximum absolute atomic E-state index is 9.50. The molecule has 0 unspecified atom stereocenters. The molecular weight excluding hydrogens is 300 g/mol. The number of nitrogens with one attached hydrogen (secondary N) is 1. The molecule has 2 aromatic heterocycles. The third kappa shape index (κ3) is 3.27. The molecule has 126 valence electrons. The van der Waals surface area contributed by atoms with Crippen molar-refractivity contribution in [2.24, 2.45) is 0 Å². The van der Waals surface area contributed by atoms with E-state index in [1.165, 1.54) is 6.33 Å². The first-order valence-electron chi connectivity index (χ1n) is 7.59. The average Bonchev–Trinajstić information content (AvgIpc) is 3.03. The van der Waals surface area contributed by atoms with Crippen LogP contribution in [0.4, 0.5) is 5.82 Å². The first-order valence-corrected chi connectivity index (χ1v) is 7.59. The lowest BCUT2D eigenvalue weighted by Gasteiger charge is -2.37. The lowest BCUT2D eigenvalue weighted by atomic mass is 10.2. The van der Waals surface area contributed by atoms with Crippen LogP contribution in [0.1, 0.15) is 6.23 Å². The number of ether oxygens (including phenoxy) is 2. The first kappa shape index (κ1) is 16.1. The summed E-state index contributed by atoms with van der Waals surface area (Å²) in [5.41, 5.74) is 1.41. The predicted molar refractivity (Wildman–Crippen MR) is 84.2 cm³/mol. The number of imidazole rings is 1. The monoisotopic (exact) mass is 322 g/mol. The van der Waals surface area contributed by atoms with E-state index in [2.05, 4.69) is 25.2 Å². The largest absolute Gasteiger partial charge is 0.394 e. The minimum atomic E-state index is -0.262. The van der Waals surface area contributed by atoms with Crippen LogP contribution in [0, 0.1) is 0 Å². The molecule has 3 rings (SSSR count). The Bertz CT molecular complexity index is 648. The predicted octanol–water partition coefficient (Wildman–Crippen LogP) is -0.294. The SMILES string of the molecule is CNc1ncnc2c1ncn2[C@H]1CN(CCOC)C[C@@H](CO)O1. The van der Waals surface area contributed by atoms with Crippen molar-refractivity contribution < 1.29 is 14.6 Å². The Labute approximate surface area is 134 Å². The molecular formula is C14H22N6O3. The molecule has 9 heteroatoms. The zero-order valence-corrected chi connectivity index (χ0v) is 13.3. The normalized spacial score (nSPS) is 22.6. The van der Waals surface area contributed by atoms with Gasteiger partial charge >= 0.3 is 0 Å². The fraction of sp³-hybridized carbons (Fsp3) is 0.643. The number of hydrogen-bond acceptors (Lipinski definition) is 8. The van der Waals surface area contributed by atoms with E-state index in [9.17, 15) is 5.11 Å². The number of aromatic nitrogens is 4. The van der Waals surface area contributed by atoms with Gasteiger partial charge in [-0.15, -0.1) is 0 Å². The van der Waals surface area contributed by atoms with Gasteiger partial charge in [-0.3, -0.25) is 9.47 Å². The molecule has 23 heavy (non-hydrogen) atoms. The van der Waals surface area contributed by atoms with Crippen molar-refractivity contribution >= 4 is 17.0 Å².